The van der Waals surface area contributed by atoms with Crippen molar-refractivity contribution in [1.82, 2.24) is 4.98 Å². The average molecular weight is 238 g/mol. The van der Waals surface area contributed by atoms with Crippen LogP contribution in [0.4, 0.5) is 5.13 Å². The van der Waals surface area contributed by atoms with Gasteiger partial charge in [0.15, 0.2) is 5.13 Å². The molecule has 0 spiro atoms. The van der Waals surface area contributed by atoms with Crippen LogP contribution in [0.3, 0.4) is 0 Å². The minimum absolute atomic E-state index is 0.0314. The Hall–Kier alpha value is -1.33. The number of aliphatic hydroxyl groups excluding tert-OH is 1. The third-order valence-electron chi connectivity index (χ3n) is 2.09. The maximum Gasteiger partial charge on any atom is 0.185 e. The second-order valence-corrected chi connectivity index (χ2v) is 4.60. The number of nitrogens with zero attached hydrogens (tertiary/aromatic N) is 2. The summed E-state index contributed by atoms with van der Waals surface area (Å²) in [5, 5.41) is 9.66. The van der Waals surface area contributed by atoms with E-state index in [1.165, 1.54) is 0 Å². The number of rotatable bonds is 4. The van der Waals surface area contributed by atoms with E-state index in [0.29, 0.717) is 6.61 Å². The third-order valence-corrected chi connectivity index (χ3v) is 3.28. The van der Waals surface area contributed by atoms with Crippen LogP contribution in [0, 0.1) is 0 Å². The highest BCUT2D eigenvalue weighted by molar-refractivity contribution is 7.22. The van der Waals surface area contributed by atoms with Gasteiger partial charge in [-0.25, -0.2) is 4.98 Å². The number of aliphatic hydroxyl groups is 1. The van der Waals surface area contributed by atoms with Gasteiger partial charge in [0.25, 0.3) is 0 Å². The van der Waals surface area contributed by atoms with Crippen molar-refractivity contribution in [2.24, 2.45) is 0 Å². The van der Waals surface area contributed by atoms with E-state index in [4.69, 9.17) is 9.84 Å². The number of anilines is 1. The van der Waals surface area contributed by atoms with Gasteiger partial charge in [0.05, 0.1) is 16.8 Å². The molecule has 0 saturated heterocycles. The number of hydrogen-bond acceptors (Lipinski definition) is 5. The summed E-state index contributed by atoms with van der Waals surface area (Å²) in [7, 11) is 3.95. The summed E-state index contributed by atoms with van der Waals surface area (Å²) in [4.78, 5) is 6.46. The van der Waals surface area contributed by atoms with Crippen LogP contribution < -0.4 is 9.64 Å². The van der Waals surface area contributed by atoms with E-state index in [9.17, 15) is 0 Å². The van der Waals surface area contributed by atoms with Gasteiger partial charge in [-0.3, -0.25) is 0 Å². The molecule has 2 rings (SSSR count). The van der Waals surface area contributed by atoms with E-state index in [0.717, 1.165) is 21.1 Å². The first-order valence-corrected chi connectivity index (χ1v) is 5.84. The molecule has 0 fully saturated rings. The van der Waals surface area contributed by atoms with Crippen LogP contribution in [0.5, 0.6) is 5.75 Å². The van der Waals surface area contributed by atoms with Crippen LogP contribution >= 0.6 is 11.3 Å². The van der Waals surface area contributed by atoms with E-state index < -0.39 is 0 Å². The van der Waals surface area contributed by atoms with Gasteiger partial charge in [-0.2, -0.15) is 0 Å². The van der Waals surface area contributed by atoms with E-state index in [-0.39, 0.29) is 6.61 Å². The molecule has 4 nitrogen and oxygen atoms in total. The van der Waals surface area contributed by atoms with Crippen molar-refractivity contribution in [3.05, 3.63) is 18.2 Å². The Balaban J connectivity index is 2.30. The molecule has 0 amide bonds. The average Bonchev–Trinajstić information content (AvgIpc) is 2.69. The van der Waals surface area contributed by atoms with Crippen LogP contribution in [0.1, 0.15) is 0 Å². The van der Waals surface area contributed by atoms with Gasteiger partial charge >= 0.3 is 0 Å². The van der Waals surface area contributed by atoms with Crippen LogP contribution in [0.25, 0.3) is 10.2 Å². The predicted molar refractivity (Wildman–Crippen MR) is 66.5 cm³/mol. The quantitative estimate of drug-likeness (QED) is 0.881. The van der Waals surface area contributed by atoms with Crippen LogP contribution in [-0.4, -0.2) is 37.4 Å². The summed E-state index contributed by atoms with van der Waals surface area (Å²) in [5.74, 6) is 0.774. The van der Waals surface area contributed by atoms with Gasteiger partial charge in [-0.1, -0.05) is 11.3 Å². The van der Waals surface area contributed by atoms with E-state index in [1.807, 2.05) is 37.2 Å². The Bertz CT molecular complexity index is 482. The molecule has 86 valence electrons. The van der Waals surface area contributed by atoms with Crippen molar-refractivity contribution in [3.8, 4) is 5.75 Å². The number of fused-ring (bicyclic) bond motifs is 1. The molecule has 0 unspecified atom stereocenters. The minimum Gasteiger partial charge on any atom is -0.491 e. The lowest BCUT2D eigenvalue weighted by Gasteiger charge is -2.04. The summed E-state index contributed by atoms with van der Waals surface area (Å²) < 4.78 is 6.44. The highest BCUT2D eigenvalue weighted by atomic mass is 32.1. The van der Waals surface area contributed by atoms with Crippen LogP contribution in [-0.2, 0) is 0 Å². The van der Waals surface area contributed by atoms with Gasteiger partial charge in [-0.15, -0.1) is 0 Å². The number of hydrogen-bond donors (Lipinski definition) is 1. The molecule has 1 aromatic carbocycles. The fourth-order valence-corrected chi connectivity index (χ4v) is 2.25. The molecule has 1 aromatic heterocycles. The Labute approximate surface area is 98.1 Å². The second kappa shape index (κ2) is 4.67. The van der Waals surface area contributed by atoms with Gasteiger partial charge in [0.1, 0.15) is 12.4 Å². The van der Waals surface area contributed by atoms with E-state index in [1.54, 1.807) is 11.3 Å². The normalized spacial score (nSPS) is 10.7. The molecule has 0 aliphatic carbocycles. The molecule has 0 radical (unpaired) electrons. The zero-order valence-corrected chi connectivity index (χ0v) is 10.1. The lowest BCUT2D eigenvalue weighted by atomic mass is 10.3. The molecule has 0 atom stereocenters. The molecule has 2 aromatic rings. The standard InChI is InChI=1S/C11H14N2O2S/c1-13(2)11-12-9-4-3-8(15-6-5-14)7-10(9)16-11/h3-4,7,14H,5-6H2,1-2H3. The van der Waals surface area contributed by atoms with E-state index >= 15 is 0 Å². The first kappa shape index (κ1) is 11.2. The number of benzene rings is 1. The first-order chi connectivity index (χ1) is 7.70. The van der Waals surface area contributed by atoms with Crippen LogP contribution in [0.2, 0.25) is 0 Å². The molecule has 1 N–H and O–H groups in total. The summed E-state index contributed by atoms with van der Waals surface area (Å²) in [6.45, 7) is 0.356. The smallest absolute Gasteiger partial charge is 0.185 e. The zero-order chi connectivity index (χ0) is 11.5. The summed E-state index contributed by atoms with van der Waals surface area (Å²) in [6, 6.07) is 5.76. The maximum absolute atomic E-state index is 8.68. The number of aromatic nitrogens is 1. The molecule has 0 aliphatic rings. The predicted octanol–water partition coefficient (Wildman–Crippen LogP) is 1.73. The van der Waals surface area contributed by atoms with E-state index in [2.05, 4.69) is 4.98 Å². The van der Waals surface area contributed by atoms with Crippen molar-refractivity contribution < 1.29 is 9.84 Å². The van der Waals surface area contributed by atoms with Gasteiger partial charge < -0.3 is 14.7 Å². The molecule has 1 heterocycles. The Morgan fingerprint density at radius 2 is 2.25 bits per heavy atom. The minimum atomic E-state index is 0.0314. The van der Waals surface area contributed by atoms with Gasteiger partial charge in [0.2, 0.25) is 0 Å². The summed E-state index contributed by atoms with van der Waals surface area (Å²) in [5.41, 5.74) is 0.977. The molecular formula is C11H14N2O2S. The second-order valence-electron chi connectivity index (χ2n) is 3.59. The SMILES string of the molecule is CN(C)c1nc2ccc(OCCO)cc2s1. The van der Waals surface area contributed by atoms with Gasteiger partial charge in [-0.05, 0) is 18.2 Å². The fourth-order valence-electron chi connectivity index (χ4n) is 1.34. The Morgan fingerprint density at radius 1 is 1.44 bits per heavy atom. The van der Waals surface area contributed by atoms with Gasteiger partial charge in [0, 0.05) is 14.1 Å². The van der Waals surface area contributed by atoms with Crippen molar-refractivity contribution in [2.45, 2.75) is 0 Å². The topological polar surface area (TPSA) is 45.6 Å². The summed E-state index contributed by atoms with van der Waals surface area (Å²) >= 11 is 1.63. The first-order valence-electron chi connectivity index (χ1n) is 5.02. The molecular weight excluding hydrogens is 224 g/mol. The Kier molecular flexibility index (Phi) is 3.26. The monoisotopic (exact) mass is 238 g/mol. The lowest BCUT2D eigenvalue weighted by Crippen LogP contribution is -2.07. The molecule has 0 saturated carbocycles. The maximum atomic E-state index is 8.68. The third kappa shape index (κ3) is 2.25. The van der Waals surface area contributed by atoms with Crippen LogP contribution in [0.15, 0.2) is 18.2 Å². The molecule has 0 aliphatic heterocycles. The zero-order valence-electron chi connectivity index (χ0n) is 9.30. The lowest BCUT2D eigenvalue weighted by molar-refractivity contribution is 0.201. The fraction of sp³-hybridized carbons (Fsp3) is 0.364. The van der Waals surface area contributed by atoms with Crippen molar-refractivity contribution in [3.63, 3.8) is 0 Å². The summed E-state index contributed by atoms with van der Waals surface area (Å²) in [6.07, 6.45) is 0. The van der Waals surface area contributed by atoms with Crippen molar-refractivity contribution >= 4 is 26.7 Å². The number of ether oxygens (including phenoxy) is 1. The highest BCUT2D eigenvalue weighted by Crippen LogP contribution is 2.30. The van der Waals surface area contributed by atoms with Crippen molar-refractivity contribution in [2.75, 3.05) is 32.2 Å². The Morgan fingerprint density at radius 3 is 2.94 bits per heavy atom. The largest absolute Gasteiger partial charge is 0.491 e. The van der Waals surface area contributed by atoms with Crippen molar-refractivity contribution in [1.29, 1.82) is 0 Å². The molecule has 16 heavy (non-hydrogen) atoms. The molecule has 5 heteroatoms. The highest BCUT2D eigenvalue weighted by Gasteiger charge is 2.06. The molecule has 0 bridgehead atoms. The number of thiazole rings is 1.